The number of piperidine rings is 2. The van der Waals surface area contributed by atoms with Gasteiger partial charge in [-0.15, -0.1) is 0 Å². The maximum atomic E-state index is 14.1. The third kappa shape index (κ3) is 4.15. The maximum Gasteiger partial charge on any atom is 0.237 e. The Labute approximate surface area is 153 Å². The molecule has 2 fully saturated rings. The minimum absolute atomic E-state index is 0.000676. The van der Waals surface area contributed by atoms with E-state index in [4.69, 9.17) is 10.5 Å². The van der Waals surface area contributed by atoms with Gasteiger partial charge in [-0.2, -0.15) is 0 Å². The van der Waals surface area contributed by atoms with Gasteiger partial charge in [0, 0.05) is 25.1 Å². The number of hydrogen-bond acceptors (Lipinski definition) is 4. The minimum atomic E-state index is -0.471. The first-order valence-electron chi connectivity index (χ1n) is 9.02. The van der Waals surface area contributed by atoms with Crippen molar-refractivity contribution in [1.29, 1.82) is 0 Å². The predicted octanol–water partition coefficient (Wildman–Crippen LogP) is 1.52. The van der Waals surface area contributed by atoms with E-state index in [0.29, 0.717) is 30.8 Å². The van der Waals surface area contributed by atoms with Crippen molar-refractivity contribution in [2.75, 3.05) is 33.3 Å². The molecule has 0 unspecified atom stereocenters. The molecule has 2 heterocycles. The fourth-order valence-electron chi connectivity index (χ4n) is 4.07. The Hall–Kier alpha value is -2.15. The first kappa shape index (κ1) is 18.6. The summed E-state index contributed by atoms with van der Waals surface area (Å²) in [5.41, 5.74) is 5.94. The summed E-state index contributed by atoms with van der Waals surface area (Å²) in [6.07, 6.45) is 3.18. The number of halogens is 1. The molecule has 2 saturated heterocycles. The van der Waals surface area contributed by atoms with Crippen LogP contribution in [0.1, 0.15) is 31.2 Å². The number of ether oxygens (including phenoxy) is 1. The van der Waals surface area contributed by atoms with Crippen LogP contribution in [0.15, 0.2) is 18.2 Å². The van der Waals surface area contributed by atoms with Crippen molar-refractivity contribution < 1.29 is 18.7 Å². The number of hydrogen-bond donors (Lipinski definition) is 1. The van der Waals surface area contributed by atoms with Crippen LogP contribution in [0.2, 0.25) is 0 Å². The first-order chi connectivity index (χ1) is 12.4. The standard InChI is InChI=1S/C19H26FN3O3/c1-26-15-2-3-16(20)14(10-15)11-22-8-6-19(7-9-22)5-4-18(25)23(13-19)12-17(21)24/h2-3,10H,4-9,11-13H2,1H3,(H2,21,24). The second-order valence-corrected chi connectivity index (χ2v) is 7.45. The number of carbonyl (C=O) groups excluding carboxylic acids is 2. The molecule has 7 heteroatoms. The van der Waals surface area contributed by atoms with Gasteiger partial charge in [0.2, 0.25) is 11.8 Å². The Kier molecular flexibility index (Phi) is 5.46. The Bertz CT molecular complexity index is 687. The lowest BCUT2D eigenvalue weighted by atomic mass is 9.72. The highest BCUT2D eigenvalue weighted by molar-refractivity contribution is 5.84. The summed E-state index contributed by atoms with van der Waals surface area (Å²) in [7, 11) is 1.57. The molecule has 2 aliphatic heterocycles. The minimum Gasteiger partial charge on any atom is -0.497 e. The number of nitrogens with zero attached hydrogens (tertiary/aromatic N) is 2. The first-order valence-corrected chi connectivity index (χ1v) is 9.02. The Morgan fingerprint density at radius 3 is 2.69 bits per heavy atom. The summed E-state index contributed by atoms with van der Waals surface area (Å²) in [5, 5.41) is 0. The average Bonchev–Trinajstić information content (AvgIpc) is 2.62. The fraction of sp³-hybridized carbons (Fsp3) is 0.579. The second-order valence-electron chi connectivity index (χ2n) is 7.45. The SMILES string of the molecule is COc1ccc(F)c(CN2CCC3(CCC(=O)N(CC(N)=O)C3)CC2)c1. The van der Waals surface area contributed by atoms with E-state index in [1.54, 1.807) is 24.1 Å². The van der Waals surface area contributed by atoms with Crippen molar-refractivity contribution in [2.45, 2.75) is 32.2 Å². The molecule has 0 radical (unpaired) electrons. The molecule has 0 saturated carbocycles. The Morgan fingerprint density at radius 2 is 2.04 bits per heavy atom. The normalized spacial score (nSPS) is 20.4. The van der Waals surface area contributed by atoms with Gasteiger partial charge in [-0.05, 0) is 56.0 Å². The third-order valence-corrected chi connectivity index (χ3v) is 5.66. The van der Waals surface area contributed by atoms with E-state index in [-0.39, 0.29) is 23.7 Å². The van der Waals surface area contributed by atoms with Crippen LogP contribution in [0, 0.1) is 11.2 Å². The molecular formula is C19H26FN3O3. The molecule has 1 aromatic carbocycles. The average molecular weight is 363 g/mol. The predicted molar refractivity (Wildman–Crippen MR) is 94.9 cm³/mol. The van der Waals surface area contributed by atoms with Crippen molar-refractivity contribution in [3.63, 3.8) is 0 Å². The monoisotopic (exact) mass is 363 g/mol. The van der Waals surface area contributed by atoms with E-state index in [0.717, 1.165) is 32.4 Å². The van der Waals surface area contributed by atoms with Crippen molar-refractivity contribution in [3.8, 4) is 5.75 Å². The summed E-state index contributed by atoms with van der Waals surface area (Å²) in [4.78, 5) is 27.0. The van der Waals surface area contributed by atoms with Crippen LogP contribution in [0.4, 0.5) is 4.39 Å². The highest BCUT2D eigenvalue weighted by Gasteiger charge is 2.41. The lowest BCUT2D eigenvalue weighted by Crippen LogP contribution is -2.53. The molecule has 0 aliphatic carbocycles. The smallest absolute Gasteiger partial charge is 0.237 e. The number of benzene rings is 1. The van der Waals surface area contributed by atoms with E-state index in [9.17, 15) is 14.0 Å². The van der Waals surface area contributed by atoms with Crippen LogP contribution in [0.3, 0.4) is 0 Å². The van der Waals surface area contributed by atoms with Crippen molar-refractivity contribution in [2.24, 2.45) is 11.1 Å². The van der Waals surface area contributed by atoms with Gasteiger partial charge >= 0.3 is 0 Å². The van der Waals surface area contributed by atoms with Gasteiger partial charge in [0.1, 0.15) is 11.6 Å². The number of likely N-dealkylation sites (tertiary alicyclic amines) is 2. The molecular weight excluding hydrogens is 337 g/mol. The lowest BCUT2D eigenvalue weighted by molar-refractivity contribution is -0.142. The van der Waals surface area contributed by atoms with Gasteiger partial charge in [0.05, 0.1) is 13.7 Å². The van der Waals surface area contributed by atoms with Crippen molar-refractivity contribution >= 4 is 11.8 Å². The zero-order chi connectivity index (χ0) is 18.7. The number of primary amides is 1. The van der Waals surface area contributed by atoms with E-state index < -0.39 is 5.91 Å². The van der Waals surface area contributed by atoms with Gasteiger partial charge in [-0.3, -0.25) is 14.5 Å². The molecule has 2 aliphatic rings. The molecule has 1 aromatic rings. The summed E-state index contributed by atoms with van der Waals surface area (Å²) < 4.78 is 19.2. The zero-order valence-electron chi connectivity index (χ0n) is 15.2. The van der Waals surface area contributed by atoms with Crippen LogP contribution >= 0.6 is 0 Å². The summed E-state index contributed by atoms with van der Waals surface area (Å²) in [6, 6.07) is 4.80. The highest BCUT2D eigenvalue weighted by atomic mass is 19.1. The van der Waals surface area contributed by atoms with Gasteiger partial charge in [-0.25, -0.2) is 4.39 Å². The molecule has 0 bridgehead atoms. The Morgan fingerprint density at radius 1 is 1.31 bits per heavy atom. The molecule has 6 nitrogen and oxygen atoms in total. The van der Waals surface area contributed by atoms with Crippen molar-refractivity contribution in [3.05, 3.63) is 29.6 Å². The van der Waals surface area contributed by atoms with Crippen LogP contribution in [-0.4, -0.2) is 54.9 Å². The van der Waals surface area contributed by atoms with Crippen LogP contribution < -0.4 is 10.5 Å². The van der Waals surface area contributed by atoms with E-state index in [2.05, 4.69) is 4.90 Å². The van der Waals surface area contributed by atoms with Gasteiger partial charge in [0.15, 0.2) is 0 Å². The van der Waals surface area contributed by atoms with Gasteiger partial charge < -0.3 is 15.4 Å². The van der Waals surface area contributed by atoms with Crippen LogP contribution in [0.5, 0.6) is 5.75 Å². The largest absolute Gasteiger partial charge is 0.497 e. The summed E-state index contributed by atoms with van der Waals surface area (Å²) >= 11 is 0. The molecule has 26 heavy (non-hydrogen) atoms. The quantitative estimate of drug-likeness (QED) is 0.861. The van der Waals surface area contributed by atoms with Gasteiger partial charge in [-0.1, -0.05) is 0 Å². The summed E-state index contributed by atoms with van der Waals surface area (Å²) in [6.45, 7) is 2.82. The zero-order valence-corrected chi connectivity index (χ0v) is 15.2. The van der Waals surface area contributed by atoms with E-state index in [1.807, 2.05) is 0 Å². The third-order valence-electron chi connectivity index (χ3n) is 5.66. The number of methoxy groups -OCH3 is 1. The molecule has 0 aromatic heterocycles. The van der Waals surface area contributed by atoms with E-state index in [1.165, 1.54) is 6.07 Å². The molecule has 1 spiro atoms. The molecule has 142 valence electrons. The van der Waals surface area contributed by atoms with Crippen LogP contribution in [0.25, 0.3) is 0 Å². The maximum absolute atomic E-state index is 14.1. The number of rotatable bonds is 5. The number of nitrogens with two attached hydrogens (primary N) is 1. The Balaban J connectivity index is 1.60. The fourth-order valence-corrected chi connectivity index (χ4v) is 4.07. The van der Waals surface area contributed by atoms with Gasteiger partial charge in [0.25, 0.3) is 0 Å². The lowest BCUT2D eigenvalue weighted by Gasteiger charge is -2.47. The van der Waals surface area contributed by atoms with Crippen LogP contribution in [-0.2, 0) is 16.1 Å². The van der Waals surface area contributed by atoms with E-state index >= 15 is 0 Å². The topological polar surface area (TPSA) is 75.9 Å². The molecule has 0 atom stereocenters. The molecule has 2 N–H and O–H groups in total. The molecule has 2 amide bonds. The number of carbonyl (C=O) groups is 2. The van der Waals surface area contributed by atoms with Crippen molar-refractivity contribution in [1.82, 2.24) is 9.80 Å². The highest BCUT2D eigenvalue weighted by Crippen LogP contribution is 2.40. The second kappa shape index (κ2) is 7.61. The molecule has 3 rings (SSSR count). The number of amides is 2. The summed E-state index contributed by atoms with van der Waals surface area (Å²) in [5.74, 6) is -0.0265.